The number of benzene rings is 1. The molecule has 246 valence electrons. The van der Waals surface area contributed by atoms with E-state index in [-0.39, 0.29) is 38.8 Å². The number of hydrogen-bond acceptors (Lipinski definition) is 12. The quantitative estimate of drug-likeness (QED) is 0.161. The molecular formula is C29H43N3O12. The summed E-state index contributed by atoms with van der Waals surface area (Å²) in [6.45, 7) is 10.00. The number of carboxylic acid groups (broad SMARTS) is 1. The number of morpholine rings is 1. The molecule has 3 atom stereocenters. The zero-order valence-electron chi connectivity index (χ0n) is 25.5. The lowest BCUT2D eigenvalue weighted by atomic mass is 10.1. The number of nitrogens with one attached hydrogen (secondary N) is 2. The van der Waals surface area contributed by atoms with E-state index in [1.165, 1.54) is 0 Å². The summed E-state index contributed by atoms with van der Waals surface area (Å²) in [5, 5.41) is 25.5. The minimum Gasteiger partial charge on any atom is -0.491 e. The van der Waals surface area contributed by atoms with Gasteiger partial charge in [-0.1, -0.05) is 12.1 Å². The van der Waals surface area contributed by atoms with Crippen LogP contribution < -0.4 is 15.4 Å². The van der Waals surface area contributed by atoms with Gasteiger partial charge in [0.25, 0.3) is 0 Å². The second-order valence-electron chi connectivity index (χ2n) is 11.6. The predicted molar refractivity (Wildman–Crippen MR) is 153 cm³/mol. The monoisotopic (exact) mass is 625 g/mol. The number of esters is 2. The summed E-state index contributed by atoms with van der Waals surface area (Å²) in [4.78, 5) is 49.4. The van der Waals surface area contributed by atoms with Crippen LogP contribution in [0.2, 0.25) is 0 Å². The molecule has 0 saturated carbocycles. The molecule has 0 aromatic heterocycles. The number of aliphatic carboxylic acids is 1. The van der Waals surface area contributed by atoms with Gasteiger partial charge >= 0.3 is 23.9 Å². The Morgan fingerprint density at radius 2 is 1.82 bits per heavy atom. The lowest BCUT2D eigenvalue weighted by Crippen LogP contribution is -2.54. The first-order valence-electron chi connectivity index (χ1n) is 14.4. The fourth-order valence-electron chi connectivity index (χ4n) is 4.28. The number of amides is 2. The summed E-state index contributed by atoms with van der Waals surface area (Å²) in [7, 11) is 0. The molecule has 0 bridgehead atoms. The summed E-state index contributed by atoms with van der Waals surface area (Å²) in [6, 6.07) is 6.29. The molecule has 0 radical (unpaired) electrons. The maximum absolute atomic E-state index is 12.7. The minimum atomic E-state index is -1.84. The Hall–Kier alpha value is -3.50. The van der Waals surface area contributed by atoms with Crippen molar-refractivity contribution in [1.29, 1.82) is 0 Å². The van der Waals surface area contributed by atoms with Gasteiger partial charge in [-0.15, -0.1) is 0 Å². The Morgan fingerprint density at radius 3 is 2.43 bits per heavy atom. The maximum Gasteiger partial charge on any atom is 0.418 e. The zero-order valence-corrected chi connectivity index (χ0v) is 25.5. The summed E-state index contributed by atoms with van der Waals surface area (Å²) in [5.41, 5.74) is 0.0584. The van der Waals surface area contributed by atoms with Crippen LogP contribution in [0, 0.1) is 0 Å². The van der Waals surface area contributed by atoms with Crippen LogP contribution in [0.5, 0.6) is 5.75 Å². The molecule has 15 heteroatoms. The van der Waals surface area contributed by atoms with E-state index < -0.39 is 47.5 Å². The number of carboxylic acids is 1. The Kier molecular flexibility index (Phi) is 12.7. The average Bonchev–Trinajstić information content (AvgIpc) is 3.35. The molecular weight excluding hydrogens is 582 g/mol. The van der Waals surface area contributed by atoms with Crippen molar-refractivity contribution in [2.75, 3.05) is 59.2 Å². The van der Waals surface area contributed by atoms with Gasteiger partial charge in [0, 0.05) is 38.1 Å². The molecule has 2 aliphatic heterocycles. The number of rotatable bonds is 14. The van der Waals surface area contributed by atoms with Gasteiger partial charge in [0.2, 0.25) is 6.10 Å². The third-order valence-electron chi connectivity index (χ3n) is 6.75. The van der Waals surface area contributed by atoms with Crippen LogP contribution in [0.1, 0.15) is 33.3 Å². The van der Waals surface area contributed by atoms with Gasteiger partial charge in [-0.2, -0.15) is 0 Å². The first-order chi connectivity index (χ1) is 20.7. The van der Waals surface area contributed by atoms with Crippen molar-refractivity contribution in [3.63, 3.8) is 0 Å². The summed E-state index contributed by atoms with van der Waals surface area (Å²) in [5.74, 6) is -4.73. The van der Waals surface area contributed by atoms with Crippen LogP contribution in [0.4, 0.5) is 4.79 Å². The van der Waals surface area contributed by atoms with Crippen molar-refractivity contribution in [2.45, 2.75) is 63.8 Å². The van der Waals surface area contributed by atoms with Gasteiger partial charge in [0.1, 0.15) is 31.2 Å². The molecule has 15 nitrogen and oxygen atoms in total. The highest BCUT2D eigenvalue weighted by Gasteiger charge is 2.35. The van der Waals surface area contributed by atoms with Crippen LogP contribution in [0.25, 0.3) is 0 Å². The van der Waals surface area contributed by atoms with Crippen LogP contribution in [-0.4, -0.2) is 128 Å². The van der Waals surface area contributed by atoms with E-state index in [0.29, 0.717) is 44.2 Å². The molecule has 0 aliphatic carbocycles. The number of aliphatic hydroxyl groups is 1. The second kappa shape index (κ2) is 16.0. The van der Waals surface area contributed by atoms with Gasteiger partial charge in [-0.25, -0.2) is 19.2 Å². The smallest absolute Gasteiger partial charge is 0.418 e. The average molecular weight is 626 g/mol. The van der Waals surface area contributed by atoms with E-state index in [9.17, 15) is 24.3 Å². The van der Waals surface area contributed by atoms with Gasteiger partial charge in [0.15, 0.2) is 5.79 Å². The highest BCUT2D eigenvalue weighted by atomic mass is 16.7. The Labute approximate surface area is 256 Å². The highest BCUT2D eigenvalue weighted by Crippen LogP contribution is 2.23. The molecule has 2 saturated heterocycles. The molecule has 3 rings (SSSR count). The highest BCUT2D eigenvalue weighted by molar-refractivity contribution is 6.28. The number of nitrogens with zero attached hydrogens (tertiary/aromatic N) is 1. The maximum atomic E-state index is 12.7. The summed E-state index contributed by atoms with van der Waals surface area (Å²) in [6.07, 6.45) is -3.01. The molecule has 44 heavy (non-hydrogen) atoms. The van der Waals surface area contributed by atoms with Gasteiger partial charge < -0.3 is 54.2 Å². The van der Waals surface area contributed by atoms with Crippen molar-refractivity contribution in [3.05, 3.63) is 29.8 Å². The van der Waals surface area contributed by atoms with Gasteiger partial charge in [0.05, 0.1) is 19.8 Å². The van der Waals surface area contributed by atoms with Crippen LogP contribution in [0.3, 0.4) is 0 Å². The SMILES string of the molecule is CC(C)(CNC(=O)N1CCOCC1)NCC(O)COc1ccc(CC(OC(=O)C(=O)O)C(=O)OCC2COC(C)(C)O2)cc1. The van der Waals surface area contributed by atoms with E-state index in [0.717, 1.165) is 0 Å². The molecule has 1 aromatic carbocycles. The first-order valence-corrected chi connectivity index (χ1v) is 14.4. The zero-order chi connectivity index (χ0) is 32.3. The molecule has 2 aliphatic rings. The minimum absolute atomic E-state index is 0.0164. The molecule has 2 fully saturated rings. The Bertz CT molecular complexity index is 1120. The number of carbonyl (C=O) groups excluding carboxylic acids is 3. The molecule has 1 aromatic rings. The van der Waals surface area contributed by atoms with E-state index in [2.05, 4.69) is 10.6 Å². The first kappa shape index (κ1) is 35.0. The number of aliphatic hydroxyl groups excluding tert-OH is 1. The summed E-state index contributed by atoms with van der Waals surface area (Å²) < 4.78 is 32.0. The van der Waals surface area contributed by atoms with Crippen molar-refractivity contribution < 1.29 is 57.8 Å². The van der Waals surface area contributed by atoms with Gasteiger partial charge in [-0.3, -0.25) is 0 Å². The van der Waals surface area contributed by atoms with E-state index >= 15 is 0 Å². The van der Waals surface area contributed by atoms with Crippen LogP contribution in [0.15, 0.2) is 24.3 Å². The van der Waals surface area contributed by atoms with Crippen molar-refractivity contribution in [1.82, 2.24) is 15.5 Å². The van der Waals surface area contributed by atoms with Crippen LogP contribution in [-0.2, 0) is 44.5 Å². The second-order valence-corrected chi connectivity index (χ2v) is 11.6. The fraction of sp³-hybridized carbons (Fsp3) is 0.655. The molecule has 4 N–H and O–H groups in total. The van der Waals surface area contributed by atoms with Crippen molar-refractivity contribution >= 4 is 23.9 Å². The Morgan fingerprint density at radius 1 is 1.14 bits per heavy atom. The van der Waals surface area contributed by atoms with Crippen LogP contribution >= 0.6 is 0 Å². The van der Waals surface area contributed by atoms with E-state index in [4.69, 9.17) is 33.5 Å². The number of urea groups is 1. The number of β-amino-alcohol motifs (C(OH)–C–C–N with tert-alkyl or cyclic N) is 1. The van der Waals surface area contributed by atoms with Gasteiger partial charge in [-0.05, 0) is 45.4 Å². The fourth-order valence-corrected chi connectivity index (χ4v) is 4.28. The van der Waals surface area contributed by atoms with E-state index in [1.807, 2.05) is 13.8 Å². The number of hydrogen-bond donors (Lipinski definition) is 4. The largest absolute Gasteiger partial charge is 0.491 e. The molecule has 2 amide bonds. The van der Waals surface area contributed by atoms with Crippen molar-refractivity contribution in [3.8, 4) is 5.75 Å². The third kappa shape index (κ3) is 11.9. The normalized spacial score (nSPS) is 19.5. The lowest BCUT2D eigenvalue weighted by molar-refractivity contribution is -0.178. The molecule has 3 unspecified atom stereocenters. The Balaban J connectivity index is 1.43. The third-order valence-corrected chi connectivity index (χ3v) is 6.75. The number of carbonyl (C=O) groups is 4. The summed E-state index contributed by atoms with van der Waals surface area (Å²) >= 11 is 0. The number of ether oxygens (including phenoxy) is 6. The lowest BCUT2D eigenvalue weighted by Gasteiger charge is -2.31. The van der Waals surface area contributed by atoms with E-state index in [1.54, 1.807) is 43.0 Å². The van der Waals surface area contributed by atoms with Crippen molar-refractivity contribution in [2.24, 2.45) is 0 Å². The molecule has 0 spiro atoms. The topological polar surface area (TPSA) is 191 Å². The standard InChI is InChI=1S/C29H43N3O12/c1-28(2,18-30-27(38)32-9-11-39-12-10-32)31-14-20(33)15-40-21-7-5-19(6-8-21)13-23(43-26(37)24(34)35)25(36)41-16-22-17-42-29(3,4)44-22/h5-8,20,22-23,31,33H,9-18H2,1-4H3,(H,30,38)(H,34,35). The molecule has 2 heterocycles. The predicted octanol–water partition coefficient (Wildman–Crippen LogP) is 0.0699.